The zero-order valence-corrected chi connectivity index (χ0v) is 14.0. The Morgan fingerprint density at radius 3 is 2.71 bits per heavy atom. The molecule has 1 aliphatic heterocycles. The minimum absolute atomic E-state index is 0.179. The monoisotopic (exact) mass is 343 g/mol. The Balaban J connectivity index is 1.45. The minimum atomic E-state index is -0.179. The highest BCUT2D eigenvalue weighted by Gasteiger charge is 2.15. The van der Waals surface area contributed by atoms with Crippen molar-refractivity contribution in [2.75, 3.05) is 36.4 Å². The Labute approximate surface area is 142 Å². The van der Waals surface area contributed by atoms with E-state index < -0.39 is 0 Å². The van der Waals surface area contributed by atoms with Crippen molar-refractivity contribution in [3.05, 3.63) is 35.4 Å². The number of hydrogen-bond donors (Lipinski definition) is 2. The number of aromatic nitrogens is 4. The van der Waals surface area contributed by atoms with Crippen molar-refractivity contribution in [3.63, 3.8) is 0 Å². The summed E-state index contributed by atoms with van der Waals surface area (Å²) in [6, 6.07) is 0. The molecule has 4 heterocycles. The van der Waals surface area contributed by atoms with Crippen LogP contribution in [0.2, 0.25) is 0 Å². The normalized spacial score (nSPS) is 15.0. The number of imidazole rings is 1. The Bertz CT molecular complexity index is 832. The van der Waals surface area contributed by atoms with Gasteiger partial charge >= 0.3 is 0 Å². The Hall–Kier alpha value is -2.52. The molecule has 0 aromatic carbocycles. The van der Waals surface area contributed by atoms with E-state index in [9.17, 15) is 4.79 Å². The SMILES string of the molecule is Cc1cn2cc(C(=O)Nc3cnc(N4CCNCC4)nc3)sc2n1. The third-order valence-electron chi connectivity index (χ3n) is 3.80. The van der Waals surface area contributed by atoms with E-state index in [-0.39, 0.29) is 5.91 Å². The first-order chi connectivity index (χ1) is 11.7. The van der Waals surface area contributed by atoms with Crippen LogP contribution in [0.15, 0.2) is 24.8 Å². The fourth-order valence-corrected chi connectivity index (χ4v) is 3.53. The summed E-state index contributed by atoms with van der Waals surface area (Å²) in [6.45, 7) is 5.57. The molecule has 1 amide bonds. The molecule has 0 atom stereocenters. The Morgan fingerprint density at radius 2 is 2.00 bits per heavy atom. The van der Waals surface area contributed by atoms with Crippen LogP contribution in [0, 0.1) is 6.92 Å². The molecule has 1 fully saturated rings. The average molecular weight is 343 g/mol. The van der Waals surface area contributed by atoms with Crippen molar-refractivity contribution < 1.29 is 4.79 Å². The third-order valence-corrected chi connectivity index (χ3v) is 4.79. The lowest BCUT2D eigenvalue weighted by Gasteiger charge is -2.27. The van der Waals surface area contributed by atoms with Gasteiger partial charge in [0.25, 0.3) is 5.91 Å². The summed E-state index contributed by atoms with van der Waals surface area (Å²) in [5.74, 6) is 0.515. The maximum atomic E-state index is 12.3. The van der Waals surface area contributed by atoms with Gasteiger partial charge in [0.1, 0.15) is 4.88 Å². The summed E-state index contributed by atoms with van der Waals surface area (Å²) >= 11 is 1.36. The zero-order valence-electron chi connectivity index (χ0n) is 13.2. The molecule has 4 rings (SSSR count). The Morgan fingerprint density at radius 1 is 1.25 bits per heavy atom. The second kappa shape index (κ2) is 6.17. The molecule has 0 saturated carbocycles. The van der Waals surface area contributed by atoms with E-state index >= 15 is 0 Å². The van der Waals surface area contributed by atoms with Crippen LogP contribution in [0.25, 0.3) is 4.96 Å². The number of thiazole rings is 1. The summed E-state index contributed by atoms with van der Waals surface area (Å²) in [5, 5.41) is 6.12. The van der Waals surface area contributed by atoms with E-state index in [4.69, 9.17) is 0 Å². The lowest BCUT2D eigenvalue weighted by molar-refractivity contribution is 0.103. The lowest BCUT2D eigenvalue weighted by atomic mass is 10.4. The van der Waals surface area contributed by atoms with Crippen molar-refractivity contribution in [3.8, 4) is 0 Å². The quantitative estimate of drug-likeness (QED) is 0.742. The largest absolute Gasteiger partial charge is 0.338 e. The van der Waals surface area contributed by atoms with Crippen LogP contribution < -0.4 is 15.5 Å². The number of nitrogens with one attached hydrogen (secondary N) is 2. The molecule has 0 radical (unpaired) electrons. The maximum Gasteiger partial charge on any atom is 0.267 e. The number of anilines is 2. The summed E-state index contributed by atoms with van der Waals surface area (Å²) in [4.78, 5) is 28.9. The maximum absolute atomic E-state index is 12.3. The fraction of sp³-hybridized carbons (Fsp3) is 0.333. The molecule has 2 N–H and O–H groups in total. The molecule has 124 valence electrons. The van der Waals surface area contributed by atoms with Crippen molar-refractivity contribution in [1.82, 2.24) is 24.7 Å². The summed E-state index contributed by atoms with van der Waals surface area (Å²) < 4.78 is 1.86. The minimum Gasteiger partial charge on any atom is -0.338 e. The second-order valence-corrected chi connectivity index (χ2v) is 6.64. The van der Waals surface area contributed by atoms with Crippen molar-refractivity contribution in [2.24, 2.45) is 0 Å². The molecule has 0 bridgehead atoms. The van der Waals surface area contributed by atoms with E-state index in [1.54, 1.807) is 18.6 Å². The van der Waals surface area contributed by atoms with Gasteiger partial charge in [-0.05, 0) is 6.92 Å². The van der Waals surface area contributed by atoms with Gasteiger partial charge < -0.3 is 15.5 Å². The second-order valence-electron chi connectivity index (χ2n) is 5.63. The first-order valence-corrected chi connectivity index (χ1v) is 8.55. The number of piperazine rings is 1. The summed E-state index contributed by atoms with van der Waals surface area (Å²) in [7, 11) is 0. The number of fused-ring (bicyclic) bond motifs is 1. The molecule has 8 nitrogen and oxygen atoms in total. The molecule has 0 unspecified atom stereocenters. The predicted octanol–water partition coefficient (Wildman–Crippen LogP) is 1.16. The van der Waals surface area contributed by atoms with Gasteiger partial charge in [-0.3, -0.25) is 9.20 Å². The van der Waals surface area contributed by atoms with Gasteiger partial charge in [0.05, 0.1) is 23.8 Å². The smallest absolute Gasteiger partial charge is 0.267 e. The van der Waals surface area contributed by atoms with Crippen LogP contribution >= 0.6 is 11.3 Å². The molecular formula is C15H17N7OS. The van der Waals surface area contributed by atoms with Crippen molar-refractivity contribution in [2.45, 2.75) is 6.92 Å². The van der Waals surface area contributed by atoms with Crippen molar-refractivity contribution in [1.29, 1.82) is 0 Å². The Kier molecular flexibility index (Phi) is 3.87. The van der Waals surface area contributed by atoms with Crippen LogP contribution in [0.4, 0.5) is 11.6 Å². The van der Waals surface area contributed by atoms with Gasteiger partial charge in [-0.25, -0.2) is 15.0 Å². The number of hydrogen-bond acceptors (Lipinski definition) is 7. The molecule has 1 aliphatic rings. The van der Waals surface area contributed by atoms with Gasteiger partial charge in [-0.1, -0.05) is 11.3 Å². The van der Waals surface area contributed by atoms with Crippen LogP contribution in [0.1, 0.15) is 15.4 Å². The van der Waals surface area contributed by atoms with Gasteiger partial charge in [-0.15, -0.1) is 0 Å². The number of aryl methyl sites for hydroxylation is 1. The zero-order chi connectivity index (χ0) is 16.5. The summed E-state index contributed by atoms with van der Waals surface area (Å²) in [6.07, 6.45) is 6.97. The van der Waals surface area contributed by atoms with Gasteiger partial charge in [0, 0.05) is 38.6 Å². The summed E-state index contributed by atoms with van der Waals surface area (Å²) in [5.41, 5.74) is 1.52. The van der Waals surface area contributed by atoms with E-state index in [1.807, 2.05) is 17.5 Å². The number of nitrogens with zero attached hydrogens (tertiary/aromatic N) is 5. The van der Waals surface area contributed by atoms with Gasteiger partial charge in [0.2, 0.25) is 5.95 Å². The molecule has 24 heavy (non-hydrogen) atoms. The first kappa shape index (κ1) is 15.0. The number of rotatable bonds is 3. The predicted molar refractivity (Wildman–Crippen MR) is 92.9 cm³/mol. The standard InChI is InChI=1S/C15H17N7OS/c1-10-8-22-9-12(24-15(22)19-10)13(23)20-11-6-17-14(18-7-11)21-4-2-16-3-5-21/h6-9,16H,2-5H2,1H3,(H,20,23). The topological polar surface area (TPSA) is 87.5 Å². The number of amides is 1. The third kappa shape index (κ3) is 2.95. The van der Waals surface area contributed by atoms with Crippen LogP contribution in [0.3, 0.4) is 0 Å². The highest BCUT2D eigenvalue weighted by atomic mass is 32.1. The first-order valence-electron chi connectivity index (χ1n) is 7.73. The number of carbonyl (C=O) groups excluding carboxylic acids is 1. The lowest BCUT2D eigenvalue weighted by Crippen LogP contribution is -2.44. The molecule has 0 aliphatic carbocycles. The van der Waals surface area contributed by atoms with Gasteiger partial charge in [-0.2, -0.15) is 0 Å². The van der Waals surface area contributed by atoms with E-state index in [0.29, 0.717) is 16.5 Å². The molecule has 3 aromatic rings. The van der Waals surface area contributed by atoms with Gasteiger partial charge in [0.15, 0.2) is 4.96 Å². The van der Waals surface area contributed by atoms with E-state index in [2.05, 4.69) is 30.5 Å². The highest BCUT2D eigenvalue weighted by Crippen LogP contribution is 2.19. The molecule has 1 saturated heterocycles. The van der Waals surface area contributed by atoms with Crippen LogP contribution in [0.5, 0.6) is 0 Å². The highest BCUT2D eigenvalue weighted by molar-refractivity contribution is 7.19. The molecular weight excluding hydrogens is 326 g/mol. The number of carbonyl (C=O) groups is 1. The van der Waals surface area contributed by atoms with Crippen molar-refractivity contribution >= 4 is 33.8 Å². The van der Waals surface area contributed by atoms with Crippen LogP contribution in [-0.2, 0) is 0 Å². The molecule has 3 aromatic heterocycles. The van der Waals surface area contributed by atoms with Crippen LogP contribution in [-0.4, -0.2) is 51.4 Å². The average Bonchev–Trinajstić information content (AvgIpc) is 3.14. The van der Waals surface area contributed by atoms with E-state index in [0.717, 1.165) is 36.8 Å². The van der Waals surface area contributed by atoms with E-state index in [1.165, 1.54) is 11.3 Å². The molecule has 0 spiro atoms. The fourth-order valence-electron chi connectivity index (χ4n) is 2.62. The molecule has 9 heteroatoms.